The zero-order valence-corrected chi connectivity index (χ0v) is 12.5. The molecule has 0 aliphatic carbocycles. The zero-order chi connectivity index (χ0) is 15.2. The first-order chi connectivity index (χ1) is 10.1. The third-order valence-corrected chi connectivity index (χ3v) is 3.16. The van der Waals surface area contributed by atoms with Crippen LogP contribution in [-0.2, 0) is 0 Å². The summed E-state index contributed by atoms with van der Waals surface area (Å²) in [4.78, 5) is 11.1. The summed E-state index contributed by atoms with van der Waals surface area (Å²) in [7, 11) is 3.77. The van der Waals surface area contributed by atoms with Gasteiger partial charge in [0, 0.05) is 32.3 Å². The average Bonchev–Trinajstić information content (AvgIpc) is 2.54. The van der Waals surface area contributed by atoms with Crippen LogP contribution in [0, 0.1) is 17.2 Å². The van der Waals surface area contributed by atoms with Gasteiger partial charge in [-0.1, -0.05) is 30.3 Å². The Bertz CT molecular complexity index is 633. The molecular weight excluding hydrogens is 262 g/mol. The van der Waals surface area contributed by atoms with E-state index in [-0.39, 0.29) is 5.92 Å². The topological polar surface area (TPSA) is 64.8 Å². The Morgan fingerprint density at radius 3 is 2.62 bits per heavy atom. The molecule has 0 aliphatic rings. The lowest BCUT2D eigenvalue weighted by molar-refractivity contribution is 0.710. The van der Waals surface area contributed by atoms with Crippen molar-refractivity contribution in [1.29, 1.82) is 5.26 Å². The summed E-state index contributed by atoms with van der Waals surface area (Å²) in [6.07, 6.45) is 0. The first kappa shape index (κ1) is 14.8. The molecule has 0 spiro atoms. The number of anilines is 2. The van der Waals surface area contributed by atoms with Crippen molar-refractivity contribution in [3.63, 3.8) is 0 Å². The van der Waals surface area contributed by atoms with Gasteiger partial charge >= 0.3 is 0 Å². The number of hydrogen-bond donors (Lipinski definition) is 1. The number of hydrogen-bond acceptors (Lipinski definition) is 5. The van der Waals surface area contributed by atoms with Crippen molar-refractivity contribution < 1.29 is 0 Å². The maximum absolute atomic E-state index is 8.94. The van der Waals surface area contributed by atoms with Gasteiger partial charge in [0.05, 0.1) is 12.0 Å². The molecule has 21 heavy (non-hydrogen) atoms. The van der Waals surface area contributed by atoms with E-state index in [1.165, 1.54) is 0 Å². The molecule has 2 aromatic rings. The second kappa shape index (κ2) is 6.71. The lowest BCUT2D eigenvalue weighted by Crippen LogP contribution is -2.24. The Morgan fingerprint density at radius 1 is 1.29 bits per heavy atom. The molecule has 1 atom stereocenters. The second-order valence-electron chi connectivity index (χ2n) is 4.96. The van der Waals surface area contributed by atoms with Crippen molar-refractivity contribution in [3.8, 4) is 17.5 Å². The molecule has 0 saturated heterocycles. The minimum absolute atomic E-state index is 0.0526. The predicted molar refractivity (Wildman–Crippen MR) is 85.1 cm³/mol. The summed E-state index contributed by atoms with van der Waals surface area (Å²) < 4.78 is 0. The first-order valence-electron chi connectivity index (χ1n) is 6.87. The average molecular weight is 281 g/mol. The van der Waals surface area contributed by atoms with Crippen LogP contribution in [-0.4, -0.2) is 30.6 Å². The van der Waals surface area contributed by atoms with Gasteiger partial charge in [0.2, 0.25) is 0 Å². The highest BCUT2D eigenvalue weighted by atomic mass is 15.2. The normalized spacial score (nSPS) is 11.5. The molecule has 108 valence electrons. The molecule has 1 heterocycles. The van der Waals surface area contributed by atoms with Crippen LogP contribution in [0.1, 0.15) is 6.92 Å². The lowest BCUT2D eigenvalue weighted by Gasteiger charge is -2.20. The fourth-order valence-electron chi connectivity index (χ4n) is 2.02. The van der Waals surface area contributed by atoms with Crippen LogP contribution >= 0.6 is 0 Å². The van der Waals surface area contributed by atoms with E-state index < -0.39 is 0 Å². The van der Waals surface area contributed by atoms with Crippen molar-refractivity contribution >= 4 is 11.6 Å². The van der Waals surface area contributed by atoms with E-state index in [0.717, 1.165) is 17.2 Å². The van der Waals surface area contributed by atoms with E-state index in [0.29, 0.717) is 12.4 Å². The minimum atomic E-state index is -0.0526. The molecule has 0 radical (unpaired) electrons. The number of aromatic nitrogens is 2. The van der Waals surface area contributed by atoms with Crippen LogP contribution in [0.25, 0.3) is 11.4 Å². The zero-order valence-electron chi connectivity index (χ0n) is 12.5. The van der Waals surface area contributed by atoms with Crippen LogP contribution in [0.3, 0.4) is 0 Å². The second-order valence-corrected chi connectivity index (χ2v) is 4.96. The Hall–Kier alpha value is -2.61. The standard InChI is InChI=1S/C16H19N5/c1-12(10-17)11-21(3)15-9-14(18-2)19-16(20-15)13-7-5-4-6-8-13/h4-9,12H,11H2,1-3H3,(H,18,19,20). The lowest BCUT2D eigenvalue weighted by atomic mass is 10.2. The van der Waals surface area contributed by atoms with Crippen LogP contribution < -0.4 is 10.2 Å². The monoisotopic (exact) mass is 281 g/mol. The van der Waals surface area contributed by atoms with Crippen LogP contribution in [0.4, 0.5) is 11.6 Å². The van der Waals surface area contributed by atoms with Gasteiger partial charge in [-0.3, -0.25) is 0 Å². The van der Waals surface area contributed by atoms with E-state index in [2.05, 4.69) is 21.4 Å². The Morgan fingerprint density at radius 2 is 2.00 bits per heavy atom. The molecular formula is C16H19N5. The van der Waals surface area contributed by atoms with Crippen molar-refractivity contribution in [2.45, 2.75) is 6.92 Å². The number of benzene rings is 1. The minimum Gasteiger partial charge on any atom is -0.373 e. The fraction of sp³-hybridized carbons (Fsp3) is 0.312. The number of nitriles is 1. The highest BCUT2D eigenvalue weighted by molar-refractivity contribution is 5.61. The molecule has 1 aromatic heterocycles. The summed E-state index contributed by atoms with van der Waals surface area (Å²) in [5.41, 5.74) is 0.970. The van der Waals surface area contributed by atoms with Gasteiger partial charge in [0.1, 0.15) is 11.6 Å². The molecule has 1 aromatic carbocycles. The Kier molecular flexibility index (Phi) is 4.72. The molecule has 0 amide bonds. The van der Waals surface area contributed by atoms with E-state index in [1.54, 1.807) is 0 Å². The Labute approximate surface area is 125 Å². The largest absolute Gasteiger partial charge is 0.373 e. The van der Waals surface area contributed by atoms with Crippen molar-refractivity contribution in [3.05, 3.63) is 36.4 Å². The van der Waals surface area contributed by atoms with Crippen molar-refractivity contribution in [2.75, 3.05) is 30.9 Å². The van der Waals surface area contributed by atoms with Crippen LogP contribution in [0.2, 0.25) is 0 Å². The summed E-state index contributed by atoms with van der Waals surface area (Å²) in [5, 5.41) is 12.0. The number of rotatable bonds is 5. The molecule has 1 unspecified atom stereocenters. The molecule has 0 aliphatic heterocycles. The summed E-state index contributed by atoms with van der Waals surface area (Å²) in [5.74, 6) is 2.18. The Balaban J connectivity index is 2.37. The summed E-state index contributed by atoms with van der Waals surface area (Å²) in [6.45, 7) is 2.53. The fourth-order valence-corrected chi connectivity index (χ4v) is 2.02. The predicted octanol–water partition coefficient (Wildman–Crippen LogP) is 2.78. The third-order valence-electron chi connectivity index (χ3n) is 3.16. The van der Waals surface area contributed by atoms with Crippen molar-refractivity contribution in [2.24, 2.45) is 5.92 Å². The molecule has 5 nitrogen and oxygen atoms in total. The summed E-state index contributed by atoms with van der Waals surface area (Å²) >= 11 is 0. The molecule has 0 saturated carbocycles. The van der Waals surface area contributed by atoms with Gasteiger partial charge in [0.25, 0.3) is 0 Å². The van der Waals surface area contributed by atoms with Gasteiger partial charge in [-0.2, -0.15) is 5.26 Å². The molecule has 0 fully saturated rings. The van der Waals surface area contributed by atoms with Gasteiger partial charge in [-0.25, -0.2) is 9.97 Å². The van der Waals surface area contributed by atoms with E-state index in [9.17, 15) is 0 Å². The van der Waals surface area contributed by atoms with E-state index >= 15 is 0 Å². The SMILES string of the molecule is CNc1cc(N(C)CC(C)C#N)nc(-c2ccccc2)n1. The van der Waals surface area contributed by atoms with Gasteiger partial charge in [-0.15, -0.1) is 0 Å². The molecule has 0 bridgehead atoms. The maximum Gasteiger partial charge on any atom is 0.163 e. The highest BCUT2D eigenvalue weighted by Crippen LogP contribution is 2.22. The van der Waals surface area contributed by atoms with Crippen molar-refractivity contribution in [1.82, 2.24) is 9.97 Å². The van der Waals surface area contributed by atoms with Gasteiger partial charge < -0.3 is 10.2 Å². The van der Waals surface area contributed by atoms with E-state index in [1.807, 2.05) is 62.3 Å². The van der Waals surface area contributed by atoms with Crippen LogP contribution in [0.15, 0.2) is 36.4 Å². The van der Waals surface area contributed by atoms with E-state index in [4.69, 9.17) is 5.26 Å². The maximum atomic E-state index is 8.94. The van der Waals surface area contributed by atoms with Gasteiger partial charge in [-0.05, 0) is 6.92 Å². The smallest absolute Gasteiger partial charge is 0.163 e. The quantitative estimate of drug-likeness (QED) is 0.913. The van der Waals surface area contributed by atoms with Crippen LogP contribution in [0.5, 0.6) is 0 Å². The molecule has 5 heteroatoms. The molecule has 1 N–H and O–H groups in total. The number of nitrogens with one attached hydrogen (secondary N) is 1. The number of nitrogens with zero attached hydrogens (tertiary/aromatic N) is 4. The highest BCUT2D eigenvalue weighted by Gasteiger charge is 2.11. The van der Waals surface area contributed by atoms with Gasteiger partial charge in [0.15, 0.2) is 5.82 Å². The first-order valence-corrected chi connectivity index (χ1v) is 6.87. The summed E-state index contributed by atoms with van der Waals surface area (Å²) in [6, 6.07) is 14.0. The molecule has 2 rings (SSSR count). The third kappa shape index (κ3) is 3.69.